The normalized spacial score (nSPS) is 17.7. The molecule has 1 saturated heterocycles. The summed E-state index contributed by atoms with van der Waals surface area (Å²) in [4.78, 5) is 14.4. The molecule has 2 rings (SSSR count). The number of hydrogen-bond acceptors (Lipinski definition) is 3. The van der Waals surface area contributed by atoms with Gasteiger partial charge in [0.25, 0.3) is 5.91 Å². The molecule has 1 heterocycles. The summed E-state index contributed by atoms with van der Waals surface area (Å²) in [6.45, 7) is 2.01. The van der Waals surface area contributed by atoms with Crippen molar-refractivity contribution in [1.29, 1.82) is 0 Å². The van der Waals surface area contributed by atoms with E-state index in [1.165, 1.54) is 0 Å². The van der Waals surface area contributed by atoms with Gasteiger partial charge in [-0.3, -0.25) is 4.79 Å². The fourth-order valence-corrected chi connectivity index (χ4v) is 2.46. The number of amides is 1. The molecular weight excluding hydrogens is 250 g/mol. The number of nitrogens with zero attached hydrogens (tertiary/aromatic N) is 1. The molecule has 0 aliphatic carbocycles. The summed E-state index contributed by atoms with van der Waals surface area (Å²) in [5, 5.41) is 3.41. The third-order valence-corrected chi connectivity index (χ3v) is 3.64. The van der Waals surface area contributed by atoms with E-state index in [-0.39, 0.29) is 11.9 Å². The Balaban J connectivity index is 2.04. The van der Waals surface area contributed by atoms with Crippen molar-refractivity contribution in [3.63, 3.8) is 0 Å². The standard InChI is InChI=1S/C13H18ClN3O/c1-17-7-5-9(6-8-17)16-13(18)12-10(14)3-2-4-11(12)15/h2-4,9H,5-8,15H2,1H3,(H,16,18). The van der Waals surface area contributed by atoms with E-state index >= 15 is 0 Å². The zero-order valence-electron chi connectivity index (χ0n) is 10.4. The molecule has 1 amide bonds. The zero-order valence-corrected chi connectivity index (χ0v) is 11.2. The van der Waals surface area contributed by atoms with E-state index in [1.54, 1.807) is 18.2 Å². The molecule has 1 aliphatic rings. The molecule has 4 nitrogen and oxygen atoms in total. The second kappa shape index (κ2) is 5.59. The summed E-state index contributed by atoms with van der Waals surface area (Å²) in [5.74, 6) is -0.173. The van der Waals surface area contributed by atoms with Gasteiger partial charge in [0.1, 0.15) is 0 Å². The lowest BCUT2D eigenvalue weighted by Gasteiger charge is -2.29. The quantitative estimate of drug-likeness (QED) is 0.803. The molecule has 18 heavy (non-hydrogen) atoms. The van der Waals surface area contributed by atoms with Gasteiger partial charge in [-0.25, -0.2) is 0 Å². The maximum atomic E-state index is 12.1. The Morgan fingerprint density at radius 1 is 1.44 bits per heavy atom. The van der Waals surface area contributed by atoms with Crippen molar-refractivity contribution < 1.29 is 4.79 Å². The van der Waals surface area contributed by atoms with Crippen LogP contribution in [-0.2, 0) is 0 Å². The van der Waals surface area contributed by atoms with Crippen LogP contribution in [0.4, 0.5) is 5.69 Å². The highest BCUT2D eigenvalue weighted by molar-refractivity contribution is 6.34. The van der Waals surface area contributed by atoms with Gasteiger partial charge in [-0.05, 0) is 45.1 Å². The van der Waals surface area contributed by atoms with Gasteiger partial charge in [-0.15, -0.1) is 0 Å². The predicted molar refractivity (Wildman–Crippen MR) is 73.8 cm³/mol. The Morgan fingerprint density at radius 2 is 2.11 bits per heavy atom. The Morgan fingerprint density at radius 3 is 2.72 bits per heavy atom. The van der Waals surface area contributed by atoms with Gasteiger partial charge in [0.05, 0.1) is 10.6 Å². The Hall–Kier alpha value is -1.26. The minimum absolute atomic E-state index is 0.173. The highest BCUT2D eigenvalue weighted by Gasteiger charge is 2.21. The number of benzene rings is 1. The van der Waals surface area contributed by atoms with Gasteiger partial charge in [-0.1, -0.05) is 17.7 Å². The van der Waals surface area contributed by atoms with Crippen LogP contribution >= 0.6 is 11.6 Å². The first kappa shape index (κ1) is 13.2. The zero-order chi connectivity index (χ0) is 13.1. The van der Waals surface area contributed by atoms with Crippen molar-refractivity contribution >= 4 is 23.2 Å². The van der Waals surface area contributed by atoms with E-state index in [4.69, 9.17) is 17.3 Å². The van der Waals surface area contributed by atoms with E-state index in [9.17, 15) is 4.79 Å². The van der Waals surface area contributed by atoms with Crippen molar-refractivity contribution in [2.45, 2.75) is 18.9 Å². The van der Waals surface area contributed by atoms with Gasteiger partial charge in [0.2, 0.25) is 0 Å². The smallest absolute Gasteiger partial charge is 0.255 e. The van der Waals surface area contributed by atoms with Crippen molar-refractivity contribution in [3.05, 3.63) is 28.8 Å². The van der Waals surface area contributed by atoms with E-state index < -0.39 is 0 Å². The number of likely N-dealkylation sites (tertiary alicyclic amines) is 1. The van der Waals surface area contributed by atoms with Crippen LogP contribution in [0.1, 0.15) is 23.2 Å². The maximum absolute atomic E-state index is 12.1. The molecule has 1 aliphatic heterocycles. The molecule has 0 aromatic heterocycles. The second-order valence-electron chi connectivity index (χ2n) is 4.76. The molecule has 3 N–H and O–H groups in total. The first-order chi connectivity index (χ1) is 8.58. The number of rotatable bonds is 2. The number of hydrogen-bond donors (Lipinski definition) is 2. The molecule has 0 spiro atoms. The molecule has 1 aromatic carbocycles. The van der Waals surface area contributed by atoms with Gasteiger partial charge in [0.15, 0.2) is 0 Å². The summed E-state index contributed by atoms with van der Waals surface area (Å²) in [7, 11) is 2.09. The monoisotopic (exact) mass is 267 g/mol. The second-order valence-corrected chi connectivity index (χ2v) is 5.16. The van der Waals surface area contributed by atoms with Crippen molar-refractivity contribution in [2.24, 2.45) is 0 Å². The van der Waals surface area contributed by atoms with Gasteiger partial charge in [0, 0.05) is 11.7 Å². The molecule has 0 atom stereocenters. The van der Waals surface area contributed by atoms with Crippen LogP contribution < -0.4 is 11.1 Å². The number of carbonyl (C=O) groups excluding carboxylic acids is 1. The Bertz CT molecular complexity index is 422. The van der Waals surface area contributed by atoms with Gasteiger partial charge < -0.3 is 16.0 Å². The Kier molecular flexibility index (Phi) is 4.09. The van der Waals surface area contributed by atoms with Crippen LogP contribution in [0.25, 0.3) is 0 Å². The summed E-state index contributed by atoms with van der Waals surface area (Å²) in [6.07, 6.45) is 1.93. The minimum atomic E-state index is -0.173. The number of piperidine rings is 1. The molecule has 0 unspecified atom stereocenters. The molecular formula is C13H18ClN3O. The third-order valence-electron chi connectivity index (χ3n) is 3.33. The van der Waals surface area contributed by atoms with Crippen LogP contribution in [0.5, 0.6) is 0 Å². The highest BCUT2D eigenvalue weighted by atomic mass is 35.5. The van der Waals surface area contributed by atoms with Gasteiger partial charge in [-0.2, -0.15) is 0 Å². The summed E-state index contributed by atoms with van der Waals surface area (Å²) in [6, 6.07) is 5.32. The summed E-state index contributed by atoms with van der Waals surface area (Å²) < 4.78 is 0. The third kappa shape index (κ3) is 2.94. The number of nitrogen functional groups attached to an aromatic ring is 1. The minimum Gasteiger partial charge on any atom is -0.398 e. The highest BCUT2D eigenvalue weighted by Crippen LogP contribution is 2.22. The van der Waals surface area contributed by atoms with Crippen LogP contribution in [0, 0.1) is 0 Å². The lowest BCUT2D eigenvalue weighted by molar-refractivity contribution is 0.0918. The number of halogens is 1. The molecule has 0 saturated carbocycles. The fourth-order valence-electron chi connectivity index (χ4n) is 2.19. The van der Waals surface area contributed by atoms with Crippen LogP contribution in [0.3, 0.4) is 0 Å². The number of anilines is 1. The first-order valence-corrected chi connectivity index (χ1v) is 6.49. The van der Waals surface area contributed by atoms with E-state index in [1.807, 2.05) is 0 Å². The average Bonchev–Trinajstić information content (AvgIpc) is 2.32. The van der Waals surface area contributed by atoms with Crippen LogP contribution in [-0.4, -0.2) is 37.0 Å². The van der Waals surface area contributed by atoms with Crippen molar-refractivity contribution in [1.82, 2.24) is 10.2 Å². The lowest BCUT2D eigenvalue weighted by atomic mass is 10.0. The number of nitrogens with two attached hydrogens (primary N) is 1. The summed E-state index contributed by atoms with van der Waals surface area (Å²) in [5.41, 5.74) is 6.61. The van der Waals surface area contributed by atoms with E-state index in [0.29, 0.717) is 16.3 Å². The fraction of sp³-hybridized carbons (Fsp3) is 0.462. The molecule has 0 bridgehead atoms. The van der Waals surface area contributed by atoms with Crippen LogP contribution in [0.15, 0.2) is 18.2 Å². The number of carbonyl (C=O) groups is 1. The maximum Gasteiger partial charge on any atom is 0.255 e. The Labute approximate surface area is 112 Å². The predicted octanol–water partition coefficient (Wildman–Crippen LogP) is 1.75. The van der Waals surface area contributed by atoms with Gasteiger partial charge >= 0.3 is 0 Å². The van der Waals surface area contributed by atoms with E-state index in [2.05, 4.69) is 17.3 Å². The summed E-state index contributed by atoms with van der Waals surface area (Å²) >= 11 is 6.02. The van der Waals surface area contributed by atoms with Crippen molar-refractivity contribution in [3.8, 4) is 0 Å². The average molecular weight is 268 g/mol. The van der Waals surface area contributed by atoms with Crippen molar-refractivity contribution in [2.75, 3.05) is 25.9 Å². The molecule has 0 radical (unpaired) electrons. The topological polar surface area (TPSA) is 58.4 Å². The van der Waals surface area contributed by atoms with Crippen LogP contribution in [0.2, 0.25) is 5.02 Å². The van der Waals surface area contributed by atoms with E-state index in [0.717, 1.165) is 25.9 Å². The number of nitrogens with one attached hydrogen (secondary N) is 1. The first-order valence-electron chi connectivity index (χ1n) is 6.11. The largest absolute Gasteiger partial charge is 0.398 e. The molecule has 5 heteroatoms. The lowest BCUT2D eigenvalue weighted by Crippen LogP contribution is -2.43. The molecule has 1 aromatic rings. The molecule has 1 fully saturated rings. The molecule has 98 valence electrons. The SMILES string of the molecule is CN1CCC(NC(=O)c2c(N)cccc2Cl)CC1.